The van der Waals surface area contributed by atoms with E-state index in [4.69, 9.17) is 0 Å². The van der Waals surface area contributed by atoms with E-state index >= 15 is 0 Å². The van der Waals surface area contributed by atoms with Crippen molar-refractivity contribution in [3.8, 4) is 0 Å². The van der Waals surface area contributed by atoms with E-state index in [9.17, 15) is 14.7 Å². The Morgan fingerprint density at radius 3 is 1.48 bits per heavy atom. The standard InChI is InChI=1S/C27H45NO3/c1-3-4-5-6-7-8-9-10-11-12-13-14-15-16-17-20-23-28(2)26(29)24-21-18-19-22-25(24)27(30)31/h18-19,21-22H,3-17,20,23H2,1-2H3,(H,30,31). The van der Waals surface area contributed by atoms with Gasteiger partial charge in [-0.2, -0.15) is 0 Å². The molecule has 0 atom stereocenters. The second kappa shape index (κ2) is 17.8. The molecule has 0 fully saturated rings. The number of benzene rings is 1. The van der Waals surface area contributed by atoms with Gasteiger partial charge in [0.15, 0.2) is 0 Å². The van der Waals surface area contributed by atoms with Crippen molar-refractivity contribution in [2.24, 2.45) is 0 Å². The number of carbonyl (C=O) groups is 2. The largest absolute Gasteiger partial charge is 0.478 e. The zero-order valence-corrected chi connectivity index (χ0v) is 20.0. The van der Waals surface area contributed by atoms with Crippen LogP contribution in [0.4, 0.5) is 0 Å². The summed E-state index contributed by atoms with van der Waals surface area (Å²) in [5.41, 5.74) is 0.348. The Bertz CT molecular complexity index is 614. The van der Waals surface area contributed by atoms with Crippen molar-refractivity contribution in [3.63, 3.8) is 0 Å². The van der Waals surface area contributed by atoms with Gasteiger partial charge < -0.3 is 10.0 Å². The van der Waals surface area contributed by atoms with Gasteiger partial charge in [0.25, 0.3) is 5.91 Å². The summed E-state index contributed by atoms with van der Waals surface area (Å²) >= 11 is 0. The molecule has 0 spiro atoms. The fourth-order valence-electron chi connectivity index (χ4n) is 4.06. The van der Waals surface area contributed by atoms with E-state index in [1.165, 1.54) is 96.0 Å². The maximum atomic E-state index is 12.5. The zero-order chi connectivity index (χ0) is 22.7. The van der Waals surface area contributed by atoms with Gasteiger partial charge in [-0.3, -0.25) is 4.79 Å². The predicted molar refractivity (Wildman–Crippen MR) is 130 cm³/mol. The van der Waals surface area contributed by atoms with Crippen molar-refractivity contribution in [1.82, 2.24) is 4.90 Å². The molecule has 1 amide bonds. The van der Waals surface area contributed by atoms with Crippen LogP contribution in [0.5, 0.6) is 0 Å². The topological polar surface area (TPSA) is 57.6 Å². The molecule has 1 rings (SSSR count). The lowest BCUT2D eigenvalue weighted by Crippen LogP contribution is -2.29. The molecular weight excluding hydrogens is 386 g/mol. The molecule has 0 saturated heterocycles. The summed E-state index contributed by atoms with van der Waals surface area (Å²) in [6.45, 7) is 2.94. The van der Waals surface area contributed by atoms with Crippen LogP contribution >= 0.6 is 0 Å². The SMILES string of the molecule is CCCCCCCCCCCCCCCCCCN(C)C(=O)c1ccccc1C(=O)O. The molecule has 0 aliphatic rings. The Hall–Kier alpha value is -1.84. The minimum Gasteiger partial charge on any atom is -0.478 e. The first-order chi connectivity index (χ1) is 15.1. The van der Waals surface area contributed by atoms with Crippen molar-refractivity contribution >= 4 is 11.9 Å². The molecule has 4 heteroatoms. The number of hydrogen-bond donors (Lipinski definition) is 1. The van der Waals surface area contributed by atoms with Crippen LogP contribution < -0.4 is 0 Å². The summed E-state index contributed by atoms with van der Waals surface area (Å²) in [6, 6.07) is 6.44. The lowest BCUT2D eigenvalue weighted by molar-refractivity contribution is 0.0681. The Morgan fingerprint density at radius 1 is 0.677 bits per heavy atom. The normalized spacial score (nSPS) is 10.9. The Labute approximate surface area is 190 Å². The number of carbonyl (C=O) groups excluding carboxylic acids is 1. The van der Waals surface area contributed by atoms with E-state index in [0.717, 1.165) is 12.8 Å². The van der Waals surface area contributed by atoms with Gasteiger partial charge in [0.05, 0.1) is 11.1 Å². The van der Waals surface area contributed by atoms with Gasteiger partial charge in [-0.25, -0.2) is 4.79 Å². The number of nitrogens with zero attached hydrogens (tertiary/aromatic N) is 1. The summed E-state index contributed by atoms with van der Waals surface area (Å²) in [5.74, 6) is -1.27. The molecule has 31 heavy (non-hydrogen) atoms. The first kappa shape index (κ1) is 27.2. The third kappa shape index (κ3) is 12.6. The van der Waals surface area contributed by atoms with E-state index in [2.05, 4.69) is 6.92 Å². The summed E-state index contributed by atoms with van der Waals surface area (Å²) in [6.07, 6.45) is 21.2. The molecule has 0 bridgehead atoms. The van der Waals surface area contributed by atoms with Crippen molar-refractivity contribution in [2.45, 2.75) is 110 Å². The number of hydrogen-bond acceptors (Lipinski definition) is 2. The molecule has 0 heterocycles. The molecule has 0 aliphatic heterocycles. The molecule has 0 radical (unpaired) electrons. The van der Waals surface area contributed by atoms with Crippen molar-refractivity contribution < 1.29 is 14.7 Å². The first-order valence-electron chi connectivity index (χ1n) is 12.7. The number of aromatic carboxylic acids is 1. The van der Waals surface area contributed by atoms with Gasteiger partial charge in [0.1, 0.15) is 0 Å². The van der Waals surface area contributed by atoms with Gasteiger partial charge >= 0.3 is 5.97 Å². The minimum atomic E-state index is -1.06. The minimum absolute atomic E-state index is 0.0753. The number of carboxylic acids is 1. The number of rotatable bonds is 19. The zero-order valence-electron chi connectivity index (χ0n) is 20.0. The highest BCUT2D eigenvalue weighted by atomic mass is 16.4. The second-order valence-corrected chi connectivity index (χ2v) is 8.88. The number of unbranched alkanes of at least 4 members (excludes halogenated alkanes) is 15. The highest BCUT2D eigenvalue weighted by Crippen LogP contribution is 2.15. The van der Waals surface area contributed by atoms with Crippen LogP contribution in [-0.4, -0.2) is 35.5 Å². The molecule has 1 N–H and O–H groups in total. The summed E-state index contributed by atoms with van der Waals surface area (Å²) in [7, 11) is 1.76. The molecule has 0 saturated carbocycles. The van der Waals surface area contributed by atoms with Gasteiger partial charge in [-0.05, 0) is 18.6 Å². The van der Waals surface area contributed by atoms with Crippen molar-refractivity contribution in [3.05, 3.63) is 35.4 Å². The molecule has 0 aromatic heterocycles. The quantitative estimate of drug-likeness (QED) is 0.228. The third-order valence-electron chi connectivity index (χ3n) is 6.08. The smallest absolute Gasteiger partial charge is 0.336 e. The summed E-state index contributed by atoms with van der Waals surface area (Å²) < 4.78 is 0. The average Bonchev–Trinajstić information content (AvgIpc) is 2.78. The van der Waals surface area contributed by atoms with Gasteiger partial charge in [0, 0.05) is 13.6 Å². The van der Waals surface area contributed by atoms with E-state index in [1.807, 2.05) is 0 Å². The lowest BCUT2D eigenvalue weighted by Gasteiger charge is -2.18. The fourth-order valence-corrected chi connectivity index (χ4v) is 4.06. The Morgan fingerprint density at radius 2 is 1.06 bits per heavy atom. The second-order valence-electron chi connectivity index (χ2n) is 8.88. The number of amides is 1. The van der Waals surface area contributed by atoms with Crippen molar-refractivity contribution in [1.29, 1.82) is 0 Å². The Balaban J connectivity index is 1.97. The maximum absolute atomic E-state index is 12.5. The van der Waals surface area contributed by atoms with Crippen LogP contribution in [0.15, 0.2) is 24.3 Å². The van der Waals surface area contributed by atoms with E-state index in [1.54, 1.807) is 30.1 Å². The van der Waals surface area contributed by atoms with Crippen LogP contribution in [0.3, 0.4) is 0 Å². The van der Waals surface area contributed by atoms with E-state index in [-0.39, 0.29) is 17.0 Å². The lowest BCUT2D eigenvalue weighted by atomic mass is 10.0. The van der Waals surface area contributed by atoms with Crippen LogP contribution in [0.1, 0.15) is 130 Å². The fraction of sp³-hybridized carbons (Fsp3) is 0.704. The van der Waals surface area contributed by atoms with Crippen LogP contribution in [0.25, 0.3) is 0 Å². The molecule has 0 unspecified atom stereocenters. The summed E-state index contributed by atoms with van der Waals surface area (Å²) in [4.78, 5) is 25.5. The van der Waals surface area contributed by atoms with Gasteiger partial charge in [-0.15, -0.1) is 0 Å². The molecule has 0 aliphatic carbocycles. The number of carboxylic acid groups (broad SMARTS) is 1. The molecule has 1 aromatic carbocycles. The van der Waals surface area contributed by atoms with Crippen LogP contribution in [0.2, 0.25) is 0 Å². The van der Waals surface area contributed by atoms with Crippen LogP contribution in [0, 0.1) is 0 Å². The van der Waals surface area contributed by atoms with Gasteiger partial charge in [0.2, 0.25) is 0 Å². The monoisotopic (exact) mass is 431 g/mol. The van der Waals surface area contributed by atoms with Gasteiger partial charge in [-0.1, -0.05) is 115 Å². The third-order valence-corrected chi connectivity index (χ3v) is 6.08. The summed E-state index contributed by atoms with van der Waals surface area (Å²) in [5, 5.41) is 9.25. The van der Waals surface area contributed by atoms with Crippen LogP contribution in [-0.2, 0) is 0 Å². The van der Waals surface area contributed by atoms with Crippen molar-refractivity contribution in [2.75, 3.05) is 13.6 Å². The molecule has 176 valence electrons. The Kier molecular flexibility index (Phi) is 15.6. The van der Waals surface area contributed by atoms with E-state index in [0.29, 0.717) is 6.54 Å². The molecule has 4 nitrogen and oxygen atoms in total. The highest BCUT2D eigenvalue weighted by molar-refractivity contribution is 6.04. The highest BCUT2D eigenvalue weighted by Gasteiger charge is 2.18. The first-order valence-corrected chi connectivity index (χ1v) is 12.7. The molecule has 1 aromatic rings. The van der Waals surface area contributed by atoms with E-state index < -0.39 is 5.97 Å². The maximum Gasteiger partial charge on any atom is 0.336 e. The molecular formula is C27H45NO3. The average molecular weight is 432 g/mol. The predicted octanol–water partition coefficient (Wildman–Crippen LogP) is 7.72.